The molecule has 2 aromatic heterocycles. The van der Waals surface area contributed by atoms with Crippen molar-refractivity contribution in [2.75, 3.05) is 51.2 Å². The Kier molecular flexibility index (Phi) is 5.92. The lowest BCUT2D eigenvalue weighted by Gasteiger charge is -2.36. The molecule has 3 aromatic rings. The molecule has 0 amide bonds. The van der Waals surface area contributed by atoms with Crippen molar-refractivity contribution in [1.29, 1.82) is 0 Å². The maximum absolute atomic E-state index is 13.2. The summed E-state index contributed by atoms with van der Waals surface area (Å²) in [6.45, 7) is 5.85. The molecular formula is C23H26F3N5OS. The number of thiophene rings is 1. The van der Waals surface area contributed by atoms with Gasteiger partial charge in [0.2, 0.25) is 0 Å². The minimum absolute atomic E-state index is 0.0321. The number of likely N-dealkylation sites (N-methyl/N-ethyl adjacent to an activating group) is 1. The minimum Gasteiger partial charge on any atom is -0.369 e. The van der Waals surface area contributed by atoms with Crippen LogP contribution >= 0.6 is 11.3 Å². The molecular weight excluding hydrogens is 451 g/mol. The maximum Gasteiger partial charge on any atom is 0.416 e. The van der Waals surface area contributed by atoms with E-state index < -0.39 is 11.7 Å². The van der Waals surface area contributed by atoms with Gasteiger partial charge in [0.15, 0.2) is 0 Å². The number of hydrogen-bond acceptors (Lipinski definition) is 6. The highest BCUT2D eigenvalue weighted by Gasteiger charge is 2.31. The summed E-state index contributed by atoms with van der Waals surface area (Å²) in [6, 6.07) is 5.51. The number of halogens is 3. The van der Waals surface area contributed by atoms with Gasteiger partial charge in [-0.05, 0) is 37.2 Å². The summed E-state index contributed by atoms with van der Waals surface area (Å²) in [4.78, 5) is 26.3. The van der Waals surface area contributed by atoms with E-state index in [4.69, 9.17) is 0 Å². The van der Waals surface area contributed by atoms with E-state index in [9.17, 15) is 18.0 Å². The number of piperazine rings is 1. The Labute approximate surface area is 193 Å². The maximum atomic E-state index is 13.2. The van der Waals surface area contributed by atoms with Crippen LogP contribution < -0.4 is 10.5 Å². The molecule has 1 aromatic carbocycles. The summed E-state index contributed by atoms with van der Waals surface area (Å²) in [6.07, 6.45) is -1.81. The SMILES string of the molecule is CN1CCc2c(sc3ncn(CCN4CCN(c5cccc(C(F)(F)F)c5)CC4)c(=O)c23)C1. The van der Waals surface area contributed by atoms with Crippen LogP contribution in [-0.2, 0) is 25.7 Å². The number of benzene rings is 1. The molecule has 0 bridgehead atoms. The van der Waals surface area contributed by atoms with Crippen molar-refractivity contribution in [1.82, 2.24) is 19.4 Å². The van der Waals surface area contributed by atoms with Crippen molar-refractivity contribution >= 4 is 27.2 Å². The van der Waals surface area contributed by atoms with Crippen molar-refractivity contribution < 1.29 is 13.2 Å². The summed E-state index contributed by atoms with van der Waals surface area (Å²) < 4.78 is 40.8. The number of rotatable bonds is 4. The molecule has 0 atom stereocenters. The lowest BCUT2D eigenvalue weighted by molar-refractivity contribution is -0.137. The lowest BCUT2D eigenvalue weighted by Crippen LogP contribution is -2.47. The molecule has 0 saturated carbocycles. The van der Waals surface area contributed by atoms with Gasteiger partial charge in [0.05, 0.1) is 17.3 Å². The first-order valence-electron chi connectivity index (χ1n) is 11.1. The number of hydrogen-bond donors (Lipinski definition) is 0. The third-order valence-electron chi connectivity index (χ3n) is 6.59. The Balaban J connectivity index is 1.23. The predicted octanol–water partition coefficient (Wildman–Crippen LogP) is 3.29. The van der Waals surface area contributed by atoms with Crippen molar-refractivity contribution in [3.8, 4) is 0 Å². The Bertz CT molecular complexity index is 1210. The molecule has 5 rings (SSSR count). The number of fused-ring (bicyclic) bond motifs is 3. The van der Waals surface area contributed by atoms with Crippen molar-refractivity contribution in [3.63, 3.8) is 0 Å². The molecule has 0 radical (unpaired) electrons. The molecule has 0 N–H and O–H groups in total. The van der Waals surface area contributed by atoms with Gasteiger partial charge in [0.25, 0.3) is 5.56 Å². The smallest absolute Gasteiger partial charge is 0.369 e. The summed E-state index contributed by atoms with van der Waals surface area (Å²) in [5.41, 5.74) is 1.18. The van der Waals surface area contributed by atoms with Gasteiger partial charge >= 0.3 is 6.18 Å². The van der Waals surface area contributed by atoms with Crippen molar-refractivity contribution in [2.45, 2.75) is 25.7 Å². The zero-order valence-corrected chi connectivity index (χ0v) is 19.3. The predicted molar refractivity (Wildman–Crippen MR) is 124 cm³/mol. The van der Waals surface area contributed by atoms with E-state index >= 15 is 0 Å². The Morgan fingerprint density at radius 1 is 1.09 bits per heavy atom. The quantitative estimate of drug-likeness (QED) is 0.577. The summed E-state index contributed by atoms with van der Waals surface area (Å²) >= 11 is 1.62. The molecule has 2 aliphatic heterocycles. The fraction of sp³-hybridized carbons (Fsp3) is 0.478. The van der Waals surface area contributed by atoms with Crippen molar-refractivity contribution in [3.05, 3.63) is 57.0 Å². The first kappa shape index (κ1) is 22.4. The molecule has 6 nitrogen and oxygen atoms in total. The highest BCUT2D eigenvalue weighted by molar-refractivity contribution is 7.18. The average molecular weight is 478 g/mol. The van der Waals surface area contributed by atoms with E-state index in [1.54, 1.807) is 28.3 Å². The standard InChI is InChI=1S/C23H26F3N5OS/c1-28-6-5-18-19(14-28)33-21-20(18)22(32)31(15-27-21)12-9-29-7-10-30(11-8-29)17-4-2-3-16(13-17)23(24,25)26/h2-4,13,15H,5-12,14H2,1H3. The van der Waals surface area contributed by atoms with Crippen LogP contribution in [0.15, 0.2) is 35.4 Å². The molecule has 176 valence electrons. The van der Waals surface area contributed by atoms with Gasteiger partial charge in [-0.2, -0.15) is 13.2 Å². The first-order valence-corrected chi connectivity index (χ1v) is 11.9. The second kappa shape index (κ2) is 8.73. The molecule has 0 spiro atoms. The summed E-state index contributed by atoms with van der Waals surface area (Å²) in [5.74, 6) is 0. The van der Waals surface area contributed by atoms with E-state index in [0.29, 0.717) is 31.9 Å². The lowest BCUT2D eigenvalue weighted by atomic mass is 10.1. The number of nitrogens with zero attached hydrogens (tertiary/aromatic N) is 5. The van der Waals surface area contributed by atoms with E-state index in [1.807, 2.05) is 4.90 Å². The van der Waals surface area contributed by atoms with Crippen LogP contribution in [0.1, 0.15) is 16.0 Å². The zero-order valence-electron chi connectivity index (χ0n) is 18.4. The van der Waals surface area contributed by atoms with E-state index in [1.165, 1.54) is 17.0 Å². The average Bonchev–Trinajstić information content (AvgIpc) is 3.17. The Morgan fingerprint density at radius 2 is 1.88 bits per heavy atom. The Hall–Kier alpha value is -2.43. The highest BCUT2D eigenvalue weighted by Crippen LogP contribution is 2.33. The number of alkyl halides is 3. The molecule has 0 aliphatic carbocycles. The number of aromatic nitrogens is 2. The van der Waals surface area contributed by atoms with Crippen LogP contribution in [0.5, 0.6) is 0 Å². The van der Waals surface area contributed by atoms with Crippen molar-refractivity contribution in [2.24, 2.45) is 0 Å². The largest absolute Gasteiger partial charge is 0.416 e. The third kappa shape index (κ3) is 4.51. The van der Waals surface area contributed by atoms with Gasteiger partial charge in [-0.15, -0.1) is 11.3 Å². The second-order valence-corrected chi connectivity index (χ2v) is 9.88. The normalized spacial score (nSPS) is 18.1. The highest BCUT2D eigenvalue weighted by atomic mass is 32.1. The van der Waals surface area contributed by atoms with Gasteiger partial charge in [-0.3, -0.25) is 14.3 Å². The van der Waals surface area contributed by atoms with E-state index in [2.05, 4.69) is 21.8 Å². The molecule has 2 aliphatic rings. The molecule has 10 heteroatoms. The van der Waals surface area contributed by atoms with Gasteiger partial charge in [0.1, 0.15) is 4.83 Å². The summed E-state index contributed by atoms with van der Waals surface area (Å²) in [5, 5.41) is 0.778. The first-order chi connectivity index (χ1) is 15.8. The van der Waals surface area contributed by atoms with E-state index in [0.717, 1.165) is 54.4 Å². The Morgan fingerprint density at radius 3 is 2.64 bits per heavy atom. The second-order valence-electron chi connectivity index (χ2n) is 8.79. The fourth-order valence-electron chi connectivity index (χ4n) is 4.66. The molecule has 4 heterocycles. The van der Waals surface area contributed by atoms with Crippen LogP contribution in [0.2, 0.25) is 0 Å². The summed E-state index contributed by atoms with van der Waals surface area (Å²) in [7, 11) is 2.09. The van der Waals surface area contributed by atoms with Crippen LogP contribution in [0.4, 0.5) is 18.9 Å². The zero-order chi connectivity index (χ0) is 23.2. The van der Waals surface area contributed by atoms with Crippen LogP contribution in [0.3, 0.4) is 0 Å². The fourth-order valence-corrected chi connectivity index (χ4v) is 5.92. The molecule has 33 heavy (non-hydrogen) atoms. The third-order valence-corrected chi connectivity index (χ3v) is 7.71. The van der Waals surface area contributed by atoms with Gasteiger partial charge in [-0.25, -0.2) is 4.98 Å². The van der Waals surface area contributed by atoms with Crippen LogP contribution in [0.25, 0.3) is 10.2 Å². The van der Waals surface area contributed by atoms with Gasteiger partial charge < -0.3 is 9.80 Å². The monoisotopic (exact) mass is 477 g/mol. The molecule has 0 unspecified atom stereocenters. The minimum atomic E-state index is -4.34. The van der Waals surface area contributed by atoms with Gasteiger partial charge in [0, 0.05) is 62.9 Å². The van der Waals surface area contributed by atoms with Crippen LogP contribution in [0, 0.1) is 0 Å². The molecule has 1 saturated heterocycles. The van der Waals surface area contributed by atoms with Gasteiger partial charge in [-0.1, -0.05) is 6.07 Å². The van der Waals surface area contributed by atoms with E-state index in [-0.39, 0.29) is 5.56 Å². The van der Waals surface area contributed by atoms with Crippen LogP contribution in [-0.4, -0.2) is 65.7 Å². The molecule has 1 fully saturated rings. The number of anilines is 1. The topological polar surface area (TPSA) is 44.6 Å².